The average Bonchev–Trinajstić information content (AvgIpc) is 2.73. The monoisotopic (exact) mass is 229 g/mol. The van der Waals surface area contributed by atoms with E-state index in [-0.39, 0.29) is 10.8 Å². The van der Waals surface area contributed by atoms with Gasteiger partial charge in [0.05, 0.1) is 11.6 Å². The summed E-state index contributed by atoms with van der Waals surface area (Å²) in [6, 6.07) is 4.67. The number of ether oxygens (including phenoxy) is 1. The second-order valence-corrected chi connectivity index (χ2v) is 4.15. The maximum atomic E-state index is 12.9. The van der Waals surface area contributed by atoms with Gasteiger partial charge in [-0.2, -0.15) is 0 Å². The maximum Gasteiger partial charge on any atom is 0.141 e. The van der Waals surface area contributed by atoms with Crippen LogP contribution in [0.5, 0.6) is 0 Å². The van der Waals surface area contributed by atoms with Gasteiger partial charge in [-0.15, -0.1) is 0 Å². The molecule has 1 aromatic carbocycles. The van der Waals surface area contributed by atoms with Crippen LogP contribution < -0.4 is 5.32 Å². The van der Waals surface area contributed by atoms with Gasteiger partial charge in [-0.25, -0.2) is 4.39 Å². The lowest BCUT2D eigenvalue weighted by Gasteiger charge is -2.10. The predicted octanol–water partition coefficient (Wildman–Crippen LogP) is 2.93. The van der Waals surface area contributed by atoms with E-state index in [2.05, 4.69) is 5.32 Å². The quantitative estimate of drug-likeness (QED) is 0.861. The smallest absolute Gasteiger partial charge is 0.141 e. The van der Waals surface area contributed by atoms with Crippen LogP contribution in [-0.4, -0.2) is 19.8 Å². The zero-order valence-electron chi connectivity index (χ0n) is 8.30. The first-order valence-electron chi connectivity index (χ1n) is 5.02. The van der Waals surface area contributed by atoms with E-state index >= 15 is 0 Å². The fourth-order valence-electron chi connectivity index (χ4n) is 1.61. The highest BCUT2D eigenvalue weighted by Gasteiger charge is 2.14. The predicted molar refractivity (Wildman–Crippen MR) is 58.8 cm³/mol. The highest BCUT2D eigenvalue weighted by molar-refractivity contribution is 6.31. The van der Waals surface area contributed by atoms with Gasteiger partial charge in [0.1, 0.15) is 5.82 Å². The van der Waals surface area contributed by atoms with Crippen molar-refractivity contribution in [1.29, 1.82) is 0 Å². The molecule has 4 heteroatoms. The lowest BCUT2D eigenvalue weighted by molar-refractivity contribution is 0.187. The molecule has 2 nitrogen and oxygen atoms in total. The van der Waals surface area contributed by atoms with Crippen molar-refractivity contribution in [2.45, 2.75) is 6.42 Å². The van der Waals surface area contributed by atoms with Crippen molar-refractivity contribution in [2.24, 2.45) is 5.92 Å². The number of rotatable bonds is 3. The summed E-state index contributed by atoms with van der Waals surface area (Å²) < 4.78 is 18.1. The van der Waals surface area contributed by atoms with E-state index in [0.29, 0.717) is 5.92 Å². The minimum absolute atomic E-state index is 0.155. The lowest BCUT2D eigenvalue weighted by Crippen LogP contribution is -2.13. The Bertz CT molecular complexity index is 339. The van der Waals surface area contributed by atoms with E-state index in [0.717, 1.165) is 31.9 Å². The van der Waals surface area contributed by atoms with Gasteiger partial charge < -0.3 is 10.1 Å². The van der Waals surface area contributed by atoms with Crippen LogP contribution in [0.15, 0.2) is 18.2 Å². The normalized spacial score (nSPS) is 20.5. The lowest BCUT2D eigenvalue weighted by atomic mass is 10.1. The van der Waals surface area contributed by atoms with Crippen LogP contribution in [0.3, 0.4) is 0 Å². The summed E-state index contributed by atoms with van der Waals surface area (Å²) in [6.45, 7) is 2.50. The summed E-state index contributed by atoms with van der Waals surface area (Å²) in [5, 5.41) is 3.38. The zero-order valence-corrected chi connectivity index (χ0v) is 9.06. The number of benzene rings is 1. The molecule has 1 heterocycles. The van der Waals surface area contributed by atoms with Crippen molar-refractivity contribution < 1.29 is 9.13 Å². The number of nitrogens with one attached hydrogen (secondary N) is 1. The standard InChI is InChI=1S/C11H13ClFNO/c12-10-5-9(1-2-11(10)13)14-6-8-3-4-15-7-8/h1-2,5,8,14H,3-4,6-7H2. The fraction of sp³-hybridized carbons (Fsp3) is 0.455. The molecule has 1 saturated heterocycles. The van der Waals surface area contributed by atoms with Crippen LogP contribution in [0.4, 0.5) is 10.1 Å². The van der Waals surface area contributed by atoms with Crippen LogP contribution in [0, 0.1) is 11.7 Å². The van der Waals surface area contributed by atoms with Gasteiger partial charge >= 0.3 is 0 Å². The first-order chi connectivity index (χ1) is 7.25. The number of hydrogen-bond donors (Lipinski definition) is 1. The van der Waals surface area contributed by atoms with E-state index in [1.807, 2.05) is 0 Å². The number of halogens is 2. The summed E-state index contributed by atoms with van der Waals surface area (Å²) in [6.07, 6.45) is 1.09. The van der Waals surface area contributed by atoms with Crippen molar-refractivity contribution in [3.05, 3.63) is 29.0 Å². The molecular weight excluding hydrogens is 217 g/mol. The van der Waals surface area contributed by atoms with Crippen LogP contribution in [0.2, 0.25) is 5.02 Å². The van der Waals surface area contributed by atoms with E-state index in [9.17, 15) is 4.39 Å². The second kappa shape index (κ2) is 4.81. The largest absolute Gasteiger partial charge is 0.385 e. The summed E-state index contributed by atoms with van der Waals surface area (Å²) in [5.41, 5.74) is 0.855. The average molecular weight is 230 g/mol. The summed E-state index contributed by atoms with van der Waals surface area (Å²) >= 11 is 5.67. The first kappa shape index (κ1) is 10.7. The van der Waals surface area contributed by atoms with Crippen LogP contribution in [0.1, 0.15) is 6.42 Å². The third kappa shape index (κ3) is 2.83. The molecule has 0 aromatic heterocycles. The molecule has 1 aliphatic rings. The molecule has 0 aliphatic carbocycles. The Hall–Kier alpha value is -0.800. The summed E-state index contributed by atoms with van der Waals surface area (Å²) in [4.78, 5) is 0. The molecule has 82 valence electrons. The molecule has 0 amide bonds. The Labute approximate surface area is 93.4 Å². The molecule has 0 bridgehead atoms. The van der Waals surface area contributed by atoms with Gasteiger partial charge in [0, 0.05) is 24.8 Å². The molecule has 1 N–H and O–H groups in total. The third-order valence-corrected chi connectivity index (χ3v) is 2.83. The molecule has 0 radical (unpaired) electrons. The minimum Gasteiger partial charge on any atom is -0.385 e. The van der Waals surface area contributed by atoms with Gasteiger partial charge in [0.25, 0.3) is 0 Å². The first-order valence-corrected chi connectivity index (χ1v) is 5.40. The Morgan fingerprint density at radius 1 is 1.53 bits per heavy atom. The highest BCUT2D eigenvalue weighted by Crippen LogP contribution is 2.20. The summed E-state index contributed by atoms with van der Waals surface area (Å²) in [5.74, 6) is 0.167. The van der Waals surface area contributed by atoms with E-state index in [1.54, 1.807) is 12.1 Å². The molecule has 2 rings (SSSR count). The van der Waals surface area contributed by atoms with Crippen molar-refractivity contribution in [3.63, 3.8) is 0 Å². The van der Waals surface area contributed by atoms with Crippen molar-refractivity contribution in [1.82, 2.24) is 0 Å². The van der Waals surface area contributed by atoms with Crippen LogP contribution in [0.25, 0.3) is 0 Å². The molecule has 1 aliphatic heterocycles. The van der Waals surface area contributed by atoms with Crippen molar-refractivity contribution in [3.8, 4) is 0 Å². The number of hydrogen-bond acceptors (Lipinski definition) is 2. The van der Waals surface area contributed by atoms with Crippen molar-refractivity contribution >= 4 is 17.3 Å². The molecular formula is C11H13ClFNO. The molecule has 1 unspecified atom stereocenters. The van der Waals surface area contributed by atoms with E-state index in [4.69, 9.17) is 16.3 Å². The molecule has 1 fully saturated rings. The van der Waals surface area contributed by atoms with E-state index in [1.165, 1.54) is 6.07 Å². The Morgan fingerprint density at radius 3 is 3.07 bits per heavy atom. The van der Waals surface area contributed by atoms with Crippen LogP contribution in [-0.2, 0) is 4.74 Å². The van der Waals surface area contributed by atoms with E-state index < -0.39 is 0 Å². The van der Waals surface area contributed by atoms with Gasteiger partial charge in [-0.1, -0.05) is 11.6 Å². The van der Waals surface area contributed by atoms with Gasteiger partial charge in [0.15, 0.2) is 0 Å². The Balaban J connectivity index is 1.90. The third-order valence-electron chi connectivity index (χ3n) is 2.54. The SMILES string of the molecule is Fc1ccc(NCC2CCOC2)cc1Cl. The molecule has 1 aromatic rings. The second-order valence-electron chi connectivity index (χ2n) is 3.74. The molecule has 15 heavy (non-hydrogen) atoms. The maximum absolute atomic E-state index is 12.9. The fourth-order valence-corrected chi connectivity index (χ4v) is 1.79. The highest BCUT2D eigenvalue weighted by atomic mass is 35.5. The zero-order chi connectivity index (χ0) is 10.7. The molecule has 0 saturated carbocycles. The van der Waals surface area contributed by atoms with Gasteiger partial charge in [0.2, 0.25) is 0 Å². The summed E-state index contributed by atoms with van der Waals surface area (Å²) in [7, 11) is 0. The Morgan fingerprint density at radius 2 is 2.40 bits per heavy atom. The molecule has 1 atom stereocenters. The Kier molecular flexibility index (Phi) is 3.44. The minimum atomic E-state index is -0.383. The van der Waals surface area contributed by atoms with Crippen molar-refractivity contribution in [2.75, 3.05) is 25.1 Å². The van der Waals surface area contributed by atoms with Crippen LogP contribution >= 0.6 is 11.6 Å². The topological polar surface area (TPSA) is 21.3 Å². The number of anilines is 1. The van der Waals surface area contributed by atoms with Gasteiger partial charge in [-0.3, -0.25) is 0 Å². The molecule has 0 spiro atoms. The van der Waals surface area contributed by atoms with Gasteiger partial charge in [-0.05, 0) is 24.6 Å².